The molecule has 176 valence electrons. The third-order valence-electron chi connectivity index (χ3n) is 5.14. The Morgan fingerprint density at radius 1 is 1.03 bits per heavy atom. The van der Waals surface area contributed by atoms with Crippen LogP contribution in [0.1, 0.15) is 13.8 Å². The number of hydrogen-bond acceptors (Lipinski definition) is 6. The fourth-order valence-corrected chi connectivity index (χ4v) is 5.53. The summed E-state index contributed by atoms with van der Waals surface area (Å²) < 4.78 is 58.3. The molecule has 34 heavy (non-hydrogen) atoms. The summed E-state index contributed by atoms with van der Waals surface area (Å²) >= 11 is -0.774. The van der Waals surface area contributed by atoms with Crippen LogP contribution in [0.2, 0.25) is 0 Å². The number of rotatable bonds is 8. The maximum Gasteiger partial charge on any atom is 0.218 e. The van der Waals surface area contributed by atoms with Gasteiger partial charge in [0, 0.05) is 37.1 Å². The molecule has 0 radical (unpaired) electrons. The molecule has 4 rings (SSSR count). The Morgan fingerprint density at radius 2 is 1.76 bits per heavy atom. The highest BCUT2D eigenvalue weighted by atomic mass is 32.2. The zero-order valence-corrected chi connectivity index (χ0v) is 20.0. The first kappa shape index (κ1) is 24.1. The molecule has 0 saturated heterocycles. The number of nitrogens with zero attached hydrogens (tertiary/aromatic N) is 3. The molecular formula is C24H21F3N4OS2. The molecule has 0 amide bonds. The van der Waals surface area contributed by atoms with Crippen molar-refractivity contribution in [2.45, 2.75) is 18.7 Å². The van der Waals surface area contributed by atoms with Crippen LogP contribution in [-0.2, 0) is 11.4 Å². The van der Waals surface area contributed by atoms with E-state index in [0.717, 1.165) is 46.9 Å². The lowest BCUT2D eigenvalue weighted by Gasteiger charge is -2.16. The summed E-state index contributed by atoms with van der Waals surface area (Å²) in [6.45, 7) is 5.51. The Balaban J connectivity index is 1.77. The molecule has 1 unspecified atom stereocenters. The van der Waals surface area contributed by atoms with E-state index in [1.807, 2.05) is 26.0 Å². The van der Waals surface area contributed by atoms with Crippen molar-refractivity contribution < 1.29 is 17.7 Å². The third kappa shape index (κ3) is 4.89. The Labute approximate surface area is 202 Å². The number of pyridine rings is 1. The highest BCUT2D eigenvalue weighted by Gasteiger charge is 2.24. The van der Waals surface area contributed by atoms with Crippen molar-refractivity contribution in [3.63, 3.8) is 0 Å². The van der Waals surface area contributed by atoms with E-state index in [0.29, 0.717) is 5.69 Å². The van der Waals surface area contributed by atoms with Crippen LogP contribution in [0.5, 0.6) is 0 Å². The second-order valence-electron chi connectivity index (χ2n) is 7.20. The number of thiazole rings is 1. The molecule has 2 aromatic heterocycles. The van der Waals surface area contributed by atoms with Crippen molar-refractivity contribution in [3.8, 4) is 21.7 Å². The van der Waals surface area contributed by atoms with Gasteiger partial charge in [0.1, 0.15) is 22.9 Å². The molecule has 0 aliphatic rings. The van der Waals surface area contributed by atoms with Crippen molar-refractivity contribution >= 4 is 33.5 Å². The predicted molar refractivity (Wildman–Crippen MR) is 131 cm³/mol. The first-order valence-corrected chi connectivity index (χ1v) is 12.5. The third-order valence-corrected chi connectivity index (χ3v) is 7.42. The molecule has 0 aliphatic heterocycles. The van der Waals surface area contributed by atoms with Gasteiger partial charge in [-0.2, -0.15) is 0 Å². The summed E-state index contributed by atoms with van der Waals surface area (Å²) in [4.78, 5) is 11.2. The predicted octanol–water partition coefficient (Wildman–Crippen LogP) is 6.27. The second kappa shape index (κ2) is 10.5. The van der Waals surface area contributed by atoms with E-state index < -0.39 is 33.7 Å². The van der Waals surface area contributed by atoms with Crippen LogP contribution in [-0.4, -0.2) is 27.6 Å². The Hall–Kier alpha value is -3.08. The maximum atomic E-state index is 15.7. The number of anilines is 2. The van der Waals surface area contributed by atoms with Gasteiger partial charge in [-0.1, -0.05) is 17.4 Å². The second-order valence-corrected chi connectivity index (χ2v) is 9.35. The summed E-state index contributed by atoms with van der Waals surface area (Å²) in [5, 5.41) is 0.745. The lowest BCUT2D eigenvalue weighted by atomic mass is 10.1. The van der Waals surface area contributed by atoms with Gasteiger partial charge >= 0.3 is 0 Å². The van der Waals surface area contributed by atoms with Gasteiger partial charge in [-0.25, -0.2) is 22.9 Å². The van der Waals surface area contributed by atoms with Gasteiger partial charge < -0.3 is 9.45 Å². The van der Waals surface area contributed by atoms with Crippen LogP contribution in [0.3, 0.4) is 0 Å². The largest absolute Gasteiger partial charge is 0.588 e. The molecule has 2 aromatic carbocycles. The molecule has 0 saturated carbocycles. The summed E-state index contributed by atoms with van der Waals surface area (Å²) in [5.74, 6) is -2.29. The lowest BCUT2D eigenvalue weighted by molar-refractivity contribution is 0.554. The highest BCUT2D eigenvalue weighted by Crippen LogP contribution is 2.42. The van der Waals surface area contributed by atoms with Crippen LogP contribution in [0.25, 0.3) is 21.7 Å². The van der Waals surface area contributed by atoms with Gasteiger partial charge in [0.15, 0.2) is 16.8 Å². The van der Waals surface area contributed by atoms with Gasteiger partial charge in [0.2, 0.25) is 4.90 Å². The van der Waals surface area contributed by atoms with Gasteiger partial charge in [-0.15, -0.1) is 0 Å². The first-order valence-electron chi connectivity index (χ1n) is 10.5. The van der Waals surface area contributed by atoms with Crippen molar-refractivity contribution in [1.29, 1.82) is 0 Å². The summed E-state index contributed by atoms with van der Waals surface area (Å²) in [6, 6.07) is 10.8. The fraction of sp³-hybridized carbons (Fsp3) is 0.167. The topological polar surface area (TPSA) is 64.1 Å². The minimum absolute atomic E-state index is 0.113. The van der Waals surface area contributed by atoms with Crippen molar-refractivity contribution in [2.75, 3.05) is 22.7 Å². The summed E-state index contributed by atoms with van der Waals surface area (Å²) in [5.41, 5.74) is 1.35. The average molecular weight is 503 g/mol. The zero-order valence-electron chi connectivity index (χ0n) is 18.4. The molecule has 1 N–H and O–H groups in total. The minimum atomic E-state index is -2.22. The number of hydrogen-bond donors (Lipinski definition) is 1. The van der Waals surface area contributed by atoms with E-state index >= 15 is 4.39 Å². The van der Waals surface area contributed by atoms with Crippen molar-refractivity contribution in [2.24, 2.45) is 0 Å². The average Bonchev–Trinajstić information content (AvgIpc) is 3.28. The van der Waals surface area contributed by atoms with Gasteiger partial charge in [-0.05, 0) is 55.8 Å². The van der Waals surface area contributed by atoms with E-state index in [2.05, 4.69) is 14.6 Å². The summed E-state index contributed by atoms with van der Waals surface area (Å²) in [7, 11) is 0. The lowest BCUT2D eigenvalue weighted by Crippen LogP contribution is -2.21. The Bertz CT molecular complexity index is 1280. The molecule has 0 aliphatic carbocycles. The van der Waals surface area contributed by atoms with Crippen LogP contribution in [0.15, 0.2) is 65.8 Å². The van der Waals surface area contributed by atoms with E-state index in [1.54, 1.807) is 24.5 Å². The van der Waals surface area contributed by atoms with Crippen LogP contribution in [0, 0.1) is 17.5 Å². The molecule has 1 atom stereocenters. The SMILES string of the molecule is CCN(CC)c1nc(-c2cccc(N[S+]([O-])c3cc(F)ccc3F)c2F)c(-c2ccncc2)s1. The smallest absolute Gasteiger partial charge is 0.218 e. The number of halogens is 3. The highest BCUT2D eigenvalue weighted by molar-refractivity contribution is 7.92. The van der Waals surface area contributed by atoms with E-state index in [1.165, 1.54) is 17.4 Å². The number of aromatic nitrogens is 2. The quantitative estimate of drug-likeness (QED) is 0.288. The van der Waals surface area contributed by atoms with Crippen molar-refractivity contribution in [1.82, 2.24) is 9.97 Å². The molecule has 4 aromatic rings. The number of nitrogens with one attached hydrogen (secondary N) is 1. The Kier molecular flexibility index (Phi) is 7.40. The van der Waals surface area contributed by atoms with Crippen molar-refractivity contribution in [3.05, 3.63) is 78.4 Å². The maximum absolute atomic E-state index is 15.7. The monoisotopic (exact) mass is 502 g/mol. The molecule has 2 heterocycles. The van der Waals surface area contributed by atoms with E-state index in [-0.39, 0.29) is 11.3 Å². The first-order chi connectivity index (χ1) is 16.4. The van der Waals surface area contributed by atoms with E-state index in [4.69, 9.17) is 4.98 Å². The van der Waals surface area contributed by atoms with Gasteiger partial charge in [0.05, 0.1) is 10.6 Å². The molecule has 10 heteroatoms. The molecule has 0 fully saturated rings. The standard InChI is InChI=1S/C24H21F3N4OS2/c1-3-31(4-2)24-29-22(23(33-24)15-10-12-28-13-11-15)17-6-5-7-19(21(17)27)30-34(32)20-14-16(25)8-9-18(20)26/h5-14,30H,3-4H2,1-2H3. The molecular weight excluding hydrogens is 481 g/mol. The zero-order chi connectivity index (χ0) is 24.2. The molecule has 0 spiro atoms. The van der Waals surface area contributed by atoms with Crippen LogP contribution in [0.4, 0.5) is 24.0 Å². The van der Waals surface area contributed by atoms with Crippen LogP contribution < -0.4 is 9.62 Å². The summed E-state index contributed by atoms with van der Waals surface area (Å²) in [6.07, 6.45) is 3.31. The van der Waals surface area contributed by atoms with E-state index in [9.17, 15) is 13.3 Å². The molecule has 0 bridgehead atoms. The fourth-order valence-electron chi connectivity index (χ4n) is 3.39. The number of benzene rings is 2. The minimum Gasteiger partial charge on any atom is -0.588 e. The Morgan fingerprint density at radius 3 is 2.47 bits per heavy atom. The van der Waals surface area contributed by atoms with Gasteiger partial charge in [0.25, 0.3) is 0 Å². The normalized spacial score (nSPS) is 11.9. The molecule has 5 nitrogen and oxygen atoms in total. The van der Waals surface area contributed by atoms with Gasteiger partial charge in [-0.3, -0.25) is 4.98 Å². The van der Waals surface area contributed by atoms with Crippen LogP contribution >= 0.6 is 11.3 Å².